The van der Waals surface area contributed by atoms with Crippen molar-refractivity contribution in [2.24, 2.45) is 11.3 Å². The summed E-state index contributed by atoms with van der Waals surface area (Å²) in [5.74, 6) is 0.761. The summed E-state index contributed by atoms with van der Waals surface area (Å²) in [6.07, 6.45) is 4.53. The number of ether oxygens (including phenoxy) is 1. The van der Waals surface area contributed by atoms with Gasteiger partial charge in [-0.25, -0.2) is 0 Å². The lowest BCUT2D eigenvalue weighted by Crippen LogP contribution is -2.56. The van der Waals surface area contributed by atoms with E-state index in [0.29, 0.717) is 11.5 Å². The summed E-state index contributed by atoms with van der Waals surface area (Å²) in [6.45, 7) is 5.68. The maximum Gasteiger partial charge on any atom is 0.0657 e. The monoisotopic (exact) mass is 183 g/mol. The Hall–Kier alpha value is -0.0800. The van der Waals surface area contributed by atoms with Crippen molar-refractivity contribution in [1.82, 2.24) is 5.32 Å². The molecule has 2 heteroatoms. The van der Waals surface area contributed by atoms with Crippen LogP contribution in [-0.2, 0) is 4.74 Å². The summed E-state index contributed by atoms with van der Waals surface area (Å²) in [4.78, 5) is 0. The fraction of sp³-hybridized carbons (Fsp3) is 1.00. The van der Waals surface area contributed by atoms with Gasteiger partial charge in [0.25, 0.3) is 0 Å². The molecule has 2 rings (SSSR count). The van der Waals surface area contributed by atoms with Crippen LogP contribution in [0.2, 0.25) is 0 Å². The van der Waals surface area contributed by atoms with Gasteiger partial charge in [-0.05, 0) is 31.7 Å². The van der Waals surface area contributed by atoms with Gasteiger partial charge in [0, 0.05) is 18.6 Å². The average molecular weight is 183 g/mol. The normalized spacial score (nSPS) is 35.1. The Morgan fingerprint density at radius 2 is 2.15 bits per heavy atom. The zero-order chi connectivity index (χ0) is 9.47. The van der Waals surface area contributed by atoms with Gasteiger partial charge >= 0.3 is 0 Å². The van der Waals surface area contributed by atoms with Gasteiger partial charge in [0.05, 0.1) is 6.10 Å². The molecule has 1 N–H and O–H groups in total. The van der Waals surface area contributed by atoms with Crippen LogP contribution in [0.3, 0.4) is 0 Å². The molecule has 2 aliphatic rings. The van der Waals surface area contributed by atoms with Crippen molar-refractivity contribution < 1.29 is 4.74 Å². The molecule has 2 nitrogen and oxygen atoms in total. The Kier molecular flexibility index (Phi) is 2.37. The van der Waals surface area contributed by atoms with Crippen LogP contribution in [-0.4, -0.2) is 25.8 Å². The lowest BCUT2D eigenvalue weighted by molar-refractivity contribution is -0.0602. The van der Waals surface area contributed by atoms with Gasteiger partial charge in [-0.1, -0.05) is 13.8 Å². The van der Waals surface area contributed by atoms with Gasteiger partial charge in [0.15, 0.2) is 0 Å². The van der Waals surface area contributed by atoms with Gasteiger partial charge in [0.1, 0.15) is 0 Å². The smallest absolute Gasteiger partial charge is 0.0657 e. The SMILES string of the molecule is CO[C@@H]1C[C@H](NCC(C)C)C12CC2. The van der Waals surface area contributed by atoms with Crippen LogP contribution in [0.25, 0.3) is 0 Å². The van der Waals surface area contributed by atoms with E-state index in [1.165, 1.54) is 19.3 Å². The Bertz CT molecular complexity index is 187. The Labute approximate surface area is 81.0 Å². The van der Waals surface area contributed by atoms with E-state index in [4.69, 9.17) is 4.74 Å². The largest absolute Gasteiger partial charge is 0.381 e. The van der Waals surface area contributed by atoms with Crippen molar-refractivity contribution >= 4 is 0 Å². The second-order valence-corrected chi connectivity index (χ2v) is 5.05. The fourth-order valence-corrected chi connectivity index (χ4v) is 2.56. The predicted octanol–water partition coefficient (Wildman–Crippen LogP) is 1.80. The molecule has 0 unspecified atom stereocenters. The first kappa shape index (κ1) is 9.47. The first-order valence-corrected chi connectivity index (χ1v) is 5.45. The van der Waals surface area contributed by atoms with Crippen molar-refractivity contribution in [2.75, 3.05) is 13.7 Å². The third-order valence-corrected chi connectivity index (χ3v) is 3.67. The van der Waals surface area contributed by atoms with Gasteiger partial charge in [-0.3, -0.25) is 0 Å². The first-order chi connectivity index (χ1) is 6.19. The summed E-state index contributed by atoms with van der Waals surface area (Å²) in [5.41, 5.74) is 0.559. The average Bonchev–Trinajstić information content (AvgIpc) is 2.83. The molecule has 0 aromatic carbocycles. The van der Waals surface area contributed by atoms with Gasteiger partial charge in [0.2, 0.25) is 0 Å². The number of hydrogen-bond donors (Lipinski definition) is 1. The van der Waals surface area contributed by atoms with Crippen LogP contribution in [0.15, 0.2) is 0 Å². The van der Waals surface area contributed by atoms with Crippen molar-refractivity contribution in [3.05, 3.63) is 0 Å². The van der Waals surface area contributed by atoms with E-state index in [1.54, 1.807) is 0 Å². The van der Waals surface area contributed by atoms with Crippen molar-refractivity contribution in [3.63, 3.8) is 0 Å². The molecule has 0 aromatic rings. The molecule has 0 saturated heterocycles. The second-order valence-electron chi connectivity index (χ2n) is 5.05. The number of nitrogens with one attached hydrogen (secondary N) is 1. The molecule has 0 heterocycles. The quantitative estimate of drug-likeness (QED) is 0.717. The van der Waals surface area contributed by atoms with E-state index in [1.807, 2.05) is 7.11 Å². The molecule has 76 valence electrons. The maximum absolute atomic E-state index is 5.46. The molecule has 0 aliphatic heterocycles. The summed E-state index contributed by atoms with van der Waals surface area (Å²) in [6, 6.07) is 0.750. The van der Waals surface area contributed by atoms with Crippen molar-refractivity contribution in [3.8, 4) is 0 Å². The Morgan fingerprint density at radius 1 is 1.46 bits per heavy atom. The van der Waals surface area contributed by atoms with Crippen LogP contribution in [0.5, 0.6) is 0 Å². The van der Waals surface area contributed by atoms with E-state index in [-0.39, 0.29) is 0 Å². The summed E-state index contributed by atoms with van der Waals surface area (Å²) < 4.78 is 5.46. The standard InChI is InChI=1S/C11H21NO/c1-8(2)7-12-9-6-10(13-3)11(9)4-5-11/h8-10,12H,4-7H2,1-3H3/t9-,10+/m0/s1. The van der Waals surface area contributed by atoms with Crippen LogP contribution >= 0.6 is 0 Å². The number of rotatable bonds is 4. The van der Waals surface area contributed by atoms with Crippen molar-refractivity contribution in [2.45, 2.75) is 45.3 Å². The van der Waals surface area contributed by atoms with Crippen LogP contribution in [0.1, 0.15) is 33.1 Å². The molecular weight excluding hydrogens is 162 g/mol. The zero-order valence-corrected chi connectivity index (χ0v) is 8.97. The summed E-state index contributed by atoms with van der Waals surface area (Å²) in [5, 5.41) is 3.66. The highest BCUT2D eigenvalue weighted by Crippen LogP contribution is 2.61. The minimum Gasteiger partial charge on any atom is -0.381 e. The lowest BCUT2D eigenvalue weighted by Gasteiger charge is -2.45. The van der Waals surface area contributed by atoms with E-state index in [2.05, 4.69) is 19.2 Å². The third-order valence-electron chi connectivity index (χ3n) is 3.67. The van der Waals surface area contributed by atoms with E-state index < -0.39 is 0 Å². The maximum atomic E-state index is 5.46. The Balaban J connectivity index is 1.78. The molecule has 2 aliphatic carbocycles. The highest BCUT2D eigenvalue weighted by Gasteiger charge is 2.62. The van der Waals surface area contributed by atoms with Gasteiger partial charge in [-0.15, -0.1) is 0 Å². The topological polar surface area (TPSA) is 21.3 Å². The number of methoxy groups -OCH3 is 1. The first-order valence-electron chi connectivity index (χ1n) is 5.45. The molecule has 2 atom stereocenters. The Morgan fingerprint density at radius 3 is 2.62 bits per heavy atom. The minimum atomic E-state index is 0.553. The fourth-order valence-electron chi connectivity index (χ4n) is 2.56. The van der Waals surface area contributed by atoms with Gasteiger partial charge in [-0.2, -0.15) is 0 Å². The molecule has 1 spiro atoms. The van der Waals surface area contributed by atoms with Crippen molar-refractivity contribution in [1.29, 1.82) is 0 Å². The molecular formula is C11H21NO. The van der Waals surface area contributed by atoms with E-state index >= 15 is 0 Å². The van der Waals surface area contributed by atoms with Crippen LogP contribution < -0.4 is 5.32 Å². The highest BCUT2D eigenvalue weighted by atomic mass is 16.5. The highest BCUT2D eigenvalue weighted by molar-refractivity contribution is 5.16. The molecule has 0 bridgehead atoms. The van der Waals surface area contributed by atoms with E-state index in [9.17, 15) is 0 Å². The van der Waals surface area contributed by atoms with Gasteiger partial charge < -0.3 is 10.1 Å². The zero-order valence-electron chi connectivity index (χ0n) is 8.97. The van der Waals surface area contributed by atoms with E-state index in [0.717, 1.165) is 18.5 Å². The third kappa shape index (κ3) is 1.50. The predicted molar refractivity (Wildman–Crippen MR) is 53.7 cm³/mol. The molecule has 0 radical (unpaired) electrons. The summed E-state index contributed by atoms with van der Waals surface area (Å²) in [7, 11) is 1.85. The van der Waals surface area contributed by atoms with Crippen LogP contribution in [0.4, 0.5) is 0 Å². The molecule has 13 heavy (non-hydrogen) atoms. The second kappa shape index (κ2) is 3.25. The molecule has 2 fully saturated rings. The lowest BCUT2D eigenvalue weighted by atomic mass is 9.72. The molecule has 2 saturated carbocycles. The number of hydrogen-bond acceptors (Lipinski definition) is 2. The van der Waals surface area contributed by atoms with Crippen LogP contribution in [0, 0.1) is 11.3 Å². The molecule has 0 amide bonds. The minimum absolute atomic E-state index is 0.553. The summed E-state index contributed by atoms with van der Waals surface area (Å²) >= 11 is 0. The molecule has 0 aromatic heterocycles.